The summed E-state index contributed by atoms with van der Waals surface area (Å²) in [6, 6.07) is 11.3. The molecule has 0 spiro atoms. The van der Waals surface area contributed by atoms with E-state index >= 15 is 0 Å². The first-order valence-electron chi connectivity index (χ1n) is 9.80. The predicted octanol–water partition coefficient (Wildman–Crippen LogP) is 3.64. The van der Waals surface area contributed by atoms with Crippen LogP contribution in [0.2, 0.25) is 0 Å². The minimum atomic E-state index is -0.0933. The molecule has 1 aliphatic carbocycles. The number of hydrogen-bond donors (Lipinski definition) is 0. The van der Waals surface area contributed by atoms with Crippen LogP contribution in [-0.4, -0.2) is 14.5 Å². The van der Waals surface area contributed by atoms with Gasteiger partial charge in [0, 0.05) is 35.6 Å². The molecule has 0 N–H and O–H groups in total. The van der Waals surface area contributed by atoms with Crippen LogP contribution in [-0.2, 0) is 13.2 Å². The molecule has 1 saturated carbocycles. The van der Waals surface area contributed by atoms with Crippen LogP contribution >= 0.6 is 0 Å². The van der Waals surface area contributed by atoms with Crippen molar-refractivity contribution in [3.63, 3.8) is 0 Å². The van der Waals surface area contributed by atoms with Crippen LogP contribution in [0.3, 0.4) is 0 Å². The number of benzene rings is 1. The van der Waals surface area contributed by atoms with Gasteiger partial charge in [0.1, 0.15) is 12.4 Å². The number of aryl methyl sites for hydroxylation is 2. The molecule has 1 fully saturated rings. The Morgan fingerprint density at radius 1 is 1.14 bits per heavy atom. The molecule has 0 saturated heterocycles. The highest BCUT2D eigenvalue weighted by molar-refractivity contribution is 5.43. The summed E-state index contributed by atoms with van der Waals surface area (Å²) in [6.07, 6.45) is 5.79. The Morgan fingerprint density at radius 3 is 2.62 bits per heavy atom. The summed E-state index contributed by atoms with van der Waals surface area (Å²) < 4.78 is 7.44. The average molecular weight is 385 g/mol. The first kappa shape index (κ1) is 18.9. The van der Waals surface area contributed by atoms with Crippen LogP contribution in [0.15, 0.2) is 53.6 Å². The lowest BCUT2D eigenvalue weighted by Gasteiger charge is -2.13. The summed E-state index contributed by atoms with van der Waals surface area (Å²) in [5.41, 5.74) is 4.04. The third kappa shape index (κ3) is 4.91. The van der Waals surface area contributed by atoms with Crippen molar-refractivity contribution in [1.82, 2.24) is 14.5 Å². The van der Waals surface area contributed by atoms with Gasteiger partial charge >= 0.3 is 0 Å². The minimum absolute atomic E-state index is 0.0933. The summed E-state index contributed by atoms with van der Waals surface area (Å²) in [5, 5.41) is 0. The van der Waals surface area contributed by atoms with Crippen LogP contribution in [0.4, 0.5) is 0 Å². The lowest BCUT2D eigenvalue weighted by atomic mass is 10.0. The quantitative estimate of drug-likeness (QED) is 0.629. The second kappa shape index (κ2) is 8.32. The zero-order chi connectivity index (χ0) is 20.2. The molecule has 1 aromatic carbocycles. The minimum Gasteiger partial charge on any atom is -0.485 e. The summed E-state index contributed by atoms with van der Waals surface area (Å²) in [5.74, 6) is 8.27. The predicted molar refractivity (Wildman–Crippen MR) is 112 cm³/mol. The Hall–Kier alpha value is -3.39. The zero-order valence-corrected chi connectivity index (χ0v) is 16.7. The monoisotopic (exact) mass is 385 g/mol. The van der Waals surface area contributed by atoms with Crippen molar-refractivity contribution in [2.45, 2.75) is 39.8 Å². The molecule has 0 bridgehead atoms. The average Bonchev–Trinajstić information content (AvgIpc) is 3.54. The highest BCUT2D eigenvalue weighted by Gasteiger charge is 2.17. The second-order valence-corrected chi connectivity index (χ2v) is 7.40. The molecule has 0 radical (unpaired) electrons. The molecule has 1 aliphatic rings. The third-order valence-electron chi connectivity index (χ3n) is 4.92. The molecular weight excluding hydrogens is 362 g/mol. The summed E-state index contributed by atoms with van der Waals surface area (Å²) in [7, 11) is 0. The van der Waals surface area contributed by atoms with Crippen molar-refractivity contribution in [2.24, 2.45) is 5.92 Å². The highest BCUT2D eigenvalue weighted by atomic mass is 16.5. The fourth-order valence-electron chi connectivity index (χ4n) is 3.09. The van der Waals surface area contributed by atoms with Crippen molar-refractivity contribution in [2.75, 3.05) is 0 Å². The smallest absolute Gasteiger partial charge is 0.254 e. The van der Waals surface area contributed by atoms with Crippen molar-refractivity contribution in [3.05, 3.63) is 87.4 Å². The summed E-state index contributed by atoms with van der Waals surface area (Å²) in [4.78, 5) is 20.9. The SMILES string of the molecule is Cc1cc(Cn2c(C)cc(OCc3ncccn3)cc2=O)ccc1C#CC1CC1. The van der Waals surface area contributed by atoms with Gasteiger partial charge in [-0.25, -0.2) is 9.97 Å². The molecule has 0 atom stereocenters. The van der Waals surface area contributed by atoms with E-state index in [4.69, 9.17) is 4.74 Å². The van der Waals surface area contributed by atoms with E-state index < -0.39 is 0 Å². The number of hydrogen-bond acceptors (Lipinski definition) is 4. The van der Waals surface area contributed by atoms with Crippen molar-refractivity contribution in [3.8, 4) is 17.6 Å². The Morgan fingerprint density at radius 2 is 1.93 bits per heavy atom. The maximum absolute atomic E-state index is 12.6. The lowest BCUT2D eigenvalue weighted by molar-refractivity contribution is 0.294. The fraction of sp³-hybridized carbons (Fsp3) is 0.292. The first-order valence-corrected chi connectivity index (χ1v) is 9.80. The molecule has 2 aromatic heterocycles. The Bertz CT molecular complexity index is 1140. The van der Waals surface area contributed by atoms with Crippen LogP contribution in [0.1, 0.15) is 41.1 Å². The number of rotatable bonds is 5. The standard InChI is InChI=1S/C24H23N3O2/c1-17-12-20(7-9-21(17)8-6-19-4-5-19)15-27-18(2)13-22(14-24(27)28)29-16-23-25-10-3-11-26-23/h3,7,9-14,19H,4-5,15-16H2,1-2H3. The zero-order valence-electron chi connectivity index (χ0n) is 16.7. The van der Waals surface area contributed by atoms with E-state index in [9.17, 15) is 4.79 Å². The van der Waals surface area contributed by atoms with E-state index in [1.54, 1.807) is 23.0 Å². The van der Waals surface area contributed by atoms with E-state index in [-0.39, 0.29) is 12.2 Å². The molecule has 5 nitrogen and oxygen atoms in total. The molecule has 5 heteroatoms. The molecule has 0 aliphatic heterocycles. The van der Waals surface area contributed by atoms with Crippen molar-refractivity contribution >= 4 is 0 Å². The van der Waals surface area contributed by atoms with E-state index in [1.807, 2.05) is 19.1 Å². The van der Waals surface area contributed by atoms with E-state index in [1.165, 1.54) is 18.9 Å². The van der Waals surface area contributed by atoms with Gasteiger partial charge in [-0.1, -0.05) is 24.0 Å². The third-order valence-corrected chi connectivity index (χ3v) is 4.92. The van der Waals surface area contributed by atoms with Gasteiger partial charge < -0.3 is 9.30 Å². The van der Waals surface area contributed by atoms with Gasteiger partial charge in [0.15, 0.2) is 5.82 Å². The van der Waals surface area contributed by atoms with Gasteiger partial charge in [0.05, 0.1) is 6.54 Å². The molecule has 3 aromatic rings. The maximum atomic E-state index is 12.6. The van der Waals surface area contributed by atoms with Crippen LogP contribution in [0, 0.1) is 31.6 Å². The van der Waals surface area contributed by atoms with Crippen LogP contribution in [0.25, 0.3) is 0 Å². The highest BCUT2D eigenvalue weighted by Crippen LogP contribution is 2.27. The maximum Gasteiger partial charge on any atom is 0.254 e. The Kier molecular flexibility index (Phi) is 5.44. The number of nitrogens with zero attached hydrogens (tertiary/aromatic N) is 3. The van der Waals surface area contributed by atoms with E-state index in [0.717, 1.165) is 22.4 Å². The number of pyridine rings is 1. The van der Waals surface area contributed by atoms with E-state index in [2.05, 4.69) is 40.9 Å². The largest absolute Gasteiger partial charge is 0.485 e. The molecule has 29 heavy (non-hydrogen) atoms. The molecule has 2 heterocycles. The van der Waals surface area contributed by atoms with Crippen molar-refractivity contribution in [1.29, 1.82) is 0 Å². The molecular formula is C24H23N3O2. The van der Waals surface area contributed by atoms with Gasteiger partial charge in [-0.3, -0.25) is 4.79 Å². The first-order chi connectivity index (χ1) is 14.1. The number of aromatic nitrogens is 3. The Balaban J connectivity index is 1.48. The second-order valence-electron chi connectivity index (χ2n) is 7.40. The summed E-state index contributed by atoms with van der Waals surface area (Å²) >= 11 is 0. The molecule has 4 rings (SSSR count). The van der Waals surface area contributed by atoms with Gasteiger partial charge in [0.25, 0.3) is 5.56 Å². The van der Waals surface area contributed by atoms with Gasteiger partial charge in [0.2, 0.25) is 0 Å². The van der Waals surface area contributed by atoms with Gasteiger partial charge in [-0.15, -0.1) is 0 Å². The number of ether oxygens (including phenoxy) is 1. The lowest BCUT2D eigenvalue weighted by Crippen LogP contribution is -2.22. The van der Waals surface area contributed by atoms with Crippen LogP contribution in [0.5, 0.6) is 5.75 Å². The van der Waals surface area contributed by atoms with Gasteiger partial charge in [-0.2, -0.15) is 0 Å². The molecule has 0 amide bonds. The fourth-order valence-corrected chi connectivity index (χ4v) is 3.09. The molecule has 0 unspecified atom stereocenters. The van der Waals surface area contributed by atoms with Crippen LogP contribution < -0.4 is 10.3 Å². The molecule has 146 valence electrons. The van der Waals surface area contributed by atoms with Gasteiger partial charge in [-0.05, 0) is 56.0 Å². The topological polar surface area (TPSA) is 57.0 Å². The van der Waals surface area contributed by atoms with Crippen molar-refractivity contribution < 1.29 is 4.74 Å². The van der Waals surface area contributed by atoms with E-state index in [0.29, 0.717) is 24.0 Å². The summed E-state index contributed by atoms with van der Waals surface area (Å²) in [6.45, 7) is 4.73. The Labute approximate surface area is 170 Å². The normalized spacial score (nSPS) is 12.9.